The fourth-order valence-electron chi connectivity index (χ4n) is 1.04. The number of nitrogens with zero attached hydrogens (tertiary/aromatic N) is 1. The summed E-state index contributed by atoms with van der Waals surface area (Å²) in [5, 5.41) is 0.0123. The first-order valence-corrected chi connectivity index (χ1v) is 4.01. The third kappa shape index (κ3) is 1.55. The number of rotatable bonds is 1. The van der Waals surface area contributed by atoms with Crippen LogP contribution in [-0.4, -0.2) is 4.98 Å². The Morgan fingerprint density at radius 1 is 1.31 bits per heavy atom. The van der Waals surface area contributed by atoms with Crippen molar-refractivity contribution in [3.63, 3.8) is 0 Å². The predicted octanol–water partition coefficient (Wildman–Crippen LogP) is 3.13. The Kier molecular flexibility index (Phi) is 2.02. The summed E-state index contributed by atoms with van der Waals surface area (Å²) in [6.07, 6.45) is 1.39. The van der Waals surface area contributed by atoms with Crippen LogP contribution in [0.4, 0.5) is 4.39 Å². The summed E-state index contributed by atoms with van der Waals surface area (Å²) in [7, 11) is 0. The topological polar surface area (TPSA) is 26.0 Å². The van der Waals surface area contributed by atoms with Crippen molar-refractivity contribution in [3.05, 3.63) is 41.6 Å². The van der Waals surface area contributed by atoms with Crippen LogP contribution in [0.1, 0.15) is 0 Å². The van der Waals surface area contributed by atoms with Crippen molar-refractivity contribution in [3.8, 4) is 11.3 Å². The van der Waals surface area contributed by atoms with Crippen molar-refractivity contribution >= 4 is 11.6 Å². The van der Waals surface area contributed by atoms with Crippen molar-refractivity contribution in [2.45, 2.75) is 0 Å². The van der Waals surface area contributed by atoms with Crippen molar-refractivity contribution in [1.29, 1.82) is 0 Å². The quantitative estimate of drug-likeness (QED) is 0.702. The summed E-state index contributed by atoms with van der Waals surface area (Å²) in [5.74, 6) is -0.0154. The summed E-state index contributed by atoms with van der Waals surface area (Å²) in [4.78, 5) is 3.67. The molecule has 0 bridgehead atoms. The highest BCUT2D eigenvalue weighted by molar-refractivity contribution is 6.27. The van der Waals surface area contributed by atoms with Gasteiger partial charge in [-0.25, -0.2) is 9.37 Å². The molecule has 0 aliphatic heterocycles. The minimum absolute atomic E-state index is 0.0123. The maximum absolute atomic E-state index is 13.2. The zero-order chi connectivity index (χ0) is 9.26. The molecule has 0 amide bonds. The van der Waals surface area contributed by atoms with Gasteiger partial charge >= 0.3 is 0 Å². The highest BCUT2D eigenvalue weighted by Gasteiger charge is 2.08. The van der Waals surface area contributed by atoms with Gasteiger partial charge < -0.3 is 4.42 Å². The smallest absolute Gasteiger partial charge is 0.292 e. The van der Waals surface area contributed by atoms with Crippen LogP contribution in [0.3, 0.4) is 0 Å². The fourth-order valence-corrected chi connectivity index (χ4v) is 1.17. The second-order valence-electron chi connectivity index (χ2n) is 2.46. The van der Waals surface area contributed by atoms with Crippen molar-refractivity contribution in [2.24, 2.45) is 0 Å². The van der Waals surface area contributed by atoms with E-state index >= 15 is 0 Å². The molecular weight excluding hydrogens is 193 g/mol. The molecule has 0 aliphatic rings. The summed E-state index contributed by atoms with van der Waals surface area (Å²) in [6, 6.07) is 6.28. The van der Waals surface area contributed by atoms with Crippen LogP contribution in [0, 0.1) is 5.82 Å². The second-order valence-corrected chi connectivity index (χ2v) is 2.78. The minimum atomic E-state index is -0.352. The molecule has 0 saturated carbocycles. The van der Waals surface area contributed by atoms with E-state index < -0.39 is 0 Å². The van der Waals surface area contributed by atoms with Crippen LogP contribution in [0.5, 0.6) is 0 Å². The Labute approximate surface area is 79.0 Å². The largest absolute Gasteiger partial charge is 0.427 e. The normalized spacial score (nSPS) is 10.3. The molecule has 0 atom stereocenters. The first-order valence-electron chi connectivity index (χ1n) is 3.63. The number of halogens is 2. The predicted molar refractivity (Wildman–Crippen MR) is 46.9 cm³/mol. The van der Waals surface area contributed by atoms with Crippen molar-refractivity contribution in [1.82, 2.24) is 4.98 Å². The van der Waals surface area contributed by atoms with Crippen LogP contribution in [-0.2, 0) is 0 Å². The van der Waals surface area contributed by atoms with E-state index in [0.29, 0.717) is 11.3 Å². The molecule has 2 rings (SSSR count). The van der Waals surface area contributed by atoms with Crippen molar-refractivity contribution in [2.75, 3.05) is 0 Å². The molecule has 0 N–H and O–H groups in total. The van der Waals surface area contributed by atoms with Gasteiger partial charge in [-0.3, -0.25) is 0 Å². The second kappa shape index (κ2) is 3.18. The average molecular weight is 198 g/mol. The zero-order valence-corrected chi connectivity index (χ0v) is 7.25. The molecule has 13 heavy (non-hydrogen) atoms. The van der Waals surface area contributed by atoms with Crippen LogP contribution in [0.25, 0.3) is 11.3 Å². The van der Waals surface area contributed by atoms with Gasteiger partial charge in [0.15, 0.2) is 5.76 Å². The van der Waals surface area contributed by atoms with E-state index in [0.717, 1.165) is 0 Å². The van der Waals surface area contributed by atoms with Gasteiger partial charge in [0.25, 0.3) is 5.35 Å². The van der Waals surface area contributed by atoms with Crippen LogP contribution >= 0.6 is 11.6 Å². The molecule has 66 valence electrons. The summed E-state index contributed by atoms with van der Waals surface area (Å²) >= 11 is 5.46. The lowest BCUT2D eigenvalue weighted by Gasteiger charge is -1.95. The van der Waals surface area contributed by atoms with E-state index in [-0.39, 0.29) is 11.2 Å². The highest BCUT2D eigenvalue weighted by Crippen LogP contribution is 2.24. The lowest BCUT2D eigenvalue weighted by molar-refractivity contribution is 0.563. The van der Waals surface area contributed by atoms with Crippen LogP contribution in [0.15, 0.2) is 34.9 Å². The van der Waals surface area contributed by atoms with Crippen molar-refractivity contribution < 1.29 is 8.81 Å². The van der Waals surface area contributed by atoms with Gasteiger partial charge in [-0.15, -0.1) is 0 Å². The summed E-state index contributed by atoms with van der Waals surface area (Å²) in [6.45, 7) is 0. The van der Waals surface area contributed by atoms with E-state index in [2.05, 4.69) is 4.98 Å². The Morgan fingerprint density at radius 3 is 2.69 bits per heavy atom. The zero-order valence-electron chi connectivity index (χ0n) is 6.50. The van der Waals surface area contributed by atoms with E-state index in [4.69, 9.17) is 16.0 Å². The number of hydrogen-bond donors (Lipinski definition) is 0. The standard InChI is InChI=1S/C9H5ClFNO/c10-9-12-5-8(13-9)6-3-1-2-4-7(6)11/h1-5H. The summed E-state index contributed by atoms with van der Waals surface area (Å²) in [5.41, 5.74) is 0.363. The molecule has 0 fully saturated rings. The third-order valence-electron chi connectivity index (χ3n) is 1.62. The molecule has 0 spiro atoms. The van der Waals surface area contributed by atoms with Crippen LogP contribution in [0.2, 0.25) is 5.35 Å². The maximum atomic E-state index is 13.2. The van der Waals surface area contributed by atoms with E-state index in [1.54, 1.807) is 18.2 Å². The Morgan fingerprint density at radius 2 is 2.08 bits per heavy atom. The SMILES string of the molecule is Fc1ccccc1-c1cnc(Cl)o1. The number of aromatic nitrogens is 1. The van der Waals surface area contributed by atoms with Crippen LogP contribution < -0.4 is 0 Å². The van der Waals surface area contributed by atoms with E-state index in [1.165, 1.54) is 12.3 Å². The molecule has 4 heteroatoms. The molecule has 2 aromatic rings. The Balaban J connectivity index is 2.52. The lowest BCUT2D eigenvalue weighted by atomic mass is 10.2. The van der Waals surface area contributed by atoms with Gasteiger partial charge in [0.05, 0.1) is 11.8 Å². The summed E-state index contributed by atoms with van der Waals surface area (Å²) < 4.78 is 18.1. The van der Waals surface area contributed by atoms with Gasteiger partial charge in [0.2, 0.25) is 0 Å². The monoisotopic (exact) mass is 197 g/mol. The molecule has 1 aromatic carbocycles. The molecular formula is C9H5ClFNO. The molecule has 0 unspecified atom stereocenters. The van der Waals surface area contributed by atoms with Gasteiger partial charge in [-0.05, 0) is 23.7 Å². The van der Waals surface area contributed by atoms with E-state index in [9.17, 15) is 4.39 Å². The lowest BCUT2D eigenvalue weighted by Crippen LogP contribution is -1.79. The first-order chi connectivity index (χ1) is 6.27. The first kappa shape index (κ1) is 8.26. The van der Waals surface area contributed by atoms with E-state index in [1.807, 2.05) is 0 Å². The Bertz CT molecular complexity index is 427. The third-order valence-corrected chi connectivity index (χ3v) is 1.79. The van der Waals surface area contributed by atoms with Gasteiger partial charge in [-0.1, -0.05) is 12.1 Å². The molecule has 0 radical (unpaired) electrons. The fraction of sp³-hybridized carbons (Fsp3) is 0. The van der Waals surface area contributed by atoms with Gasteiger partial charge in [0.1, 0.15) is 5.82 Å². The van der Waals surface area contributed by atoms with Gasteiger partial charge in [0, 0.05) is 0 Å². The molecule has 0 aliphatic carbocycles. The number of hydrogen-bond acceptors (Lipinski definition) is 2. The van der Waals surface area contributed by atoms with Gasteiger partial charge in [-0.2, -0.15) is 0 Å². The molecule has 1 aromatic heterocycles. The molecule has 0 saturated heterocycles. The maximum Gasteiger partial charge on any atom is 0.292 e. The minimum Gasteiger partial charge on any atom is -0.427 e. The Hall–Kier alpha value is -1.35. The highest BCUT2D eigenvalue weighted by atomic mass is 35.5. The average Bonchev–Trinajstić information content (AvgIpc) is 2.53. The molecule has 1 heterocycles. The number of oxazole rings is 1. The molecule has 2 nitrogen and oxygen atoms in total. The number of benzene rings is 1.